The van der Waals surface area contributed by atoms with E-state index < -0.39 is 12.1 Å². The first-order valence-corrected chi connectivity index (χ1v) is 10.1. The second-order valence-electron chi connectivity index (χ2n) is 7.30. The SMILES string of the molecule is Cc1nc(CNC(=O)[C@H]2C[C@H](NC(=O)CN3CCCC3=O)[C@@H](O)C2)sc1C. The molecule has 1 saturated carbocycles. The topological polar surface area (TPSA) is 112 Å². The van der Waals surface area contributed by atoms with Gasteiger partial charge in [-0.2, -0.15) is 0 Å². The van der Waals surface area contributed by atoms with Gasteiger partial charge in [0.1, 0.15) is 5.01 Å². The van der Waals surface area contributed by atoms with Gasteiger partial charge in [-0.15, -0.1) is 11.3 Å². The van der Waals surface area contributed by atoms with Gasteiger partial charge in [0.15, 0.2) is 0 Å². The van der Waals surface area contributed by atoms with E-state index in [9.17, 15) is 19.5 Å². The van der Waals surface area contributed by atoms with Gasteiger partial charge in [0.2, 0.25) is 17.7 Å². The zero-order valence-electron chi connectivity index (χ0n) is 15.7. The van der Waals surface area contributed by atoms with Crippen LogP contribution in [0.4, 0.5) is 0 Å². The molecular weight excluding hydrogens is 368 g/mol. The molecule has 1 aromatic rings. The molecule has 9 heteroatoms. The van der Waals surface area contributed by atoms with Crippen LogP contribution >= 0.6 is 11.3 Å². The lowest BCUT2D eigenvalue weighted by Crippen LogP contribution is -2.45. The fourth-order valence-corrected chi connectivity index (χ4v) is 4.48. The Morgan fingerprint density at radius 3 is 2.74 bits per heavy atom. The van der Waals surface area contributed by atoms with Crippen molar-refractivity contribution in [3.63, 3.8) is 0 Å². The summed E-state index contributed by atoms with van der Waals surface area (Å²) in [5.41, 5.74) is 0.972. The van der Waals surface area contributed by atoms with Crippen LogP contribution in [0.3, 0.4) is 0 Å². The summed E-state index contributed by atoms with van der Waals surface area (Å²) >= 11 is 1.56. The van der Waals surface area contributed by atoms with Crippen LogP contribution in [-0.4, -0.2) is 57.9 Å². The highest BCUT2D eigenvalue weighted by molar-refractivity contribution is 7.11. The highest BCUT2D eigenvalue weighted by Crippen LogP contribution is 2.27. The van der Waals surface area contributed by atoms with E-state index in [0.717, 1.165) is 22.0 Å². The summed E-state index contributed by atoms with van der Waals surface area (Å²) in [5, 5.41) is 16.7. The van der Waals surface area contributed by atoms with Crippen molar-refractivity contribution in [3.05, 3.63) is 15.6 Å². The van der Waals surface area contributed by atoms with Gasteiger partial charge in [-0.3, -0.25) is 14.4 Å². The van der Waals surface area contributed by atoms with Crippen molar-refractivity contribution in [1.82, 2.24) is 20.5 Å². The van der Waals surface area contributed by atoms with Crippen LogP contribution < -0.4 is 10.6 Å². The van der Waals surface area contributed by atoms with Gasteiger partial charge < -0.3 is 20.6 Å². The number of carbonyl (C=O) groups is 3. The molecule has 3 N–H and O–H groups in total. The third-order valence-corrected chi connectivity index (χ3v) is 6.31. The van der Waals surface area contributed by atoms with E-state index in [2.05, 4.69) is 15.6 Å². The number of nitrogens with zero attached hydrogens (tertiary/aromatic N) is 2. The number of rotatable bonds is 6. The number of nitrogens with one attached hydrogen (secondary N) is 2. The van der Waals surface area contributed by atoms with Gasteiger partial charge in [0, 0.05) is 23.8 Å². The van der Waals surface area contributed by atoms with Crippen molar-refractivity contribution in [2.24, 2.45) is 5.92 Å². The summed E-state index contributed by atoms with van der Waals surface area (Å²) < 4.78 is 0. The number of hydrogen-bond acceptors (Lipinski definition) is 6. The summed E-state index contributed by atoms with van der Waals surface area (Å²) in [6, 6.07) is -0.463. The summed E-state index contributed by atoms with van der Waals surface area (Å²) in [5.74, 6) is -0.780. The zero-order valence-corrected chi connectivity index (χ0v) is 16.5. The van der Waals surface area contributed by atoms with Crippen LogP contribution in [0, 0.1) is 19.8 Å². The number of hydrogen-bond donors (Lipinski definition) is 3. The molecule has 1 saturated heterocycles. The number of aromatic nitrogens is 1. The number of aliphatic hydroxyl groups excluding tert-OH is 1. The number of carbonyl (C=O) groups excluding carboxylic acids is 3. The first-order chi connectivity index (χ1) is 12.8. The molecule has 3 amide bonds. The maximum atomic E-state index is 12.4. The van der Waals surface area contributed by atoms with Crippen molar-refractivity contribution in [3.8, 4) is 0 Å². The molecule has 0 spiro atoms. The Kier molecular flexibility index (Phi) is 6.11. The van der Waals surface area contributed by atoms with E-state index in [-0.39, 0.29) is 30.2 Å². The van der Waals surface area contributed by atoms with Gasteiger partial charge in [-0.05, 0) is 33.1 Å². The highest BCUT2D eigenvalue weighted by Gasteiger charge is 2.38. The average molecular weight is 394 g/mol. The van der Waals surface area contributed by atoms with Gasteiger partial charge in [-0.25, -0.2) is 4.98 Å². The van der Waals surface area contributed by atoms with Gasteiger partial charge >= 0.3 is 0 Å². The maximum Gasteiger partial charge on any atom is 0.239 e. The minimum atomic E-state index is -0.761. The second-order valence-corrected chi connectivity index (χ2v) is 8.58. The van der Waals surface area contributed by atoms with Gasteiger partial charge in [-0.1, -0.05) is 0 Å². The van der Waals surface area contributed by atoms with Crippen LogP contribution in [0.1, 0.15) is 41.3 Å². The normalized spacial score (nSPS) is 25.1. The van der Waals surface area contributed by atoms with Crippen LogP contribution in [0.5, 0.6) is 0 Å². The Labute approximate surface area is 162 Å². The Morgan fingerprint density at radius 2 is 2.11 bits per heavy atom. The van der Waals surface area contributed by atoms with E-state index in [1.165, 1.54) is 4.90 Å². The van der Waals surface area contributed by atoms with Crippen LogP contribution in [0.15, 0.2) is 0 Å². The lowest BCUT2D eigenvalue weighted by molar-refractivity contribution is -0.133. The molecule has 2 fully saturated rings. The molecule has 3 rings (SSSR count). The standard InChI is InChI=1S/C18H26N4O4S/c1-10-11(2)27-16(20-10)8-19-18(26)12-6-13(14(23)7-12)21-15(24)9-22-5-3-4-17(22)25/h12-14,23H,3-9H2,1-2H3,(H,19,26)(H,21,24)/t12-,13-,14-/m0/s1. The molecule has 1 aliphatic heterocycles. The Morgan fingerprint density at radius 1 is 1.33 bits per heavy atom. The van der Waals surface area contributed by atoms with Crippen molar-refractivity contribution in [2.75, 3.05) is 13.1 Å². The van der Waals surface area contributed by atoms with Crippen LogP contribution in [0.2, 0.25) is 0 Å². The van der Waals surface area contributed by atoms with E-state index >= 15 is 0 Å². The molecule has 148 valence electrons. The monoisotopic (exact) mass is 394 g/mol. The molecule has 8 nitrogen and oxygen atoms in total. The molecule has 0 bridgehead atoms. The summed E-state index contributed by atoms with van der Waals surface area (Å²) in [4.78, 5) is 43.2. The molecule has 27 heavy (non-hydrogen) atoms. The number of aliphatic hydroxyl groups is 1. The van der Waals surface area contributed by atoms with E-state index in [1.807, 2.05) is 13.8 Å². The molecule has 2 aliphatic rings. The van der Waals surface area contributed by atoms with Crippen LogP contribution in [-0.2, 0) is 20.9 Å². The molecule has 1 aliphatic carbocycles. The minimum absolute atomic E-state index is 0.0120. The second kappa shape index (κ2) is 8.35. The number of amides is 3. The quantitative estimate of drug-likeness (QED) is 0.641. The first-order valence-electron chi connectivity index (χ1n) is 9.29. The van der Waals surface area contributed by atoms with Crippen molar-refractivity contribution in [1.29, 1.82) is 0 Å². The fraction of sp³-hybridized carbons (Fsp3) is 0.667. The predicted octanol–water partition coefficient (Wildman–Crippen LogP) is 0.254. The Bertz CT molecular complexity index is 715. The third-order valence-electron chi connectivity index (χ3n) is 5.24. The van der Waals surface area contributed by atoms with Crippen molar-refractivity contribution >= 4 is 29.1 Å². The molecule has 0 radical (unpaired) electrons. The third kappa shape index (κ3) is 4.84. The molecular formula is C18H26N4O4S. The lowest BCUT2D eigenvalue weighted by atomic mass is 10.1. The van der Waals surface area contributed by atoms with Crippen LogP contribution in [0.25, 0.3) is 0 Å². The summed E-state index contributed by atoms with van der Waals surface area (Å²) in [6.07, 6.45) is 1.21. The Hall–Kier alpha value is -2.00. The molecule has 0 aromatic carbocycles. The number of aryl methyl sites for hydroxylation is 2. The fourth-order valence-electron chi connectivity index (χ4n) is 3.60. The zero-order chi connectivity index (χ0) is 19.6. The largest absolute Gasteiger partial charge is 0.391 e. The first kappa shape index (κ1) is 19.8. The van der Waals surface area contributed by atoms with E-state index in [0.29, 0.717) is 32.4 Å². The number of thiazole rings is 1. The molecule has 2 heterocycles. The van der Waals surface area contributed by atoms with E-state index in [4.69, 9.17) is 0 Å². The smallest absolute Gasteiger partial charge is 0.239 e. The highest BCUT2D eigenvalue weighted by atomic mass is 32.1. The van der Waals surface area contributed by atoms with Gasteiger partial charge in [0.25, 0.3) is 0 Å². The van der Waals surface area contributed by atoms with Crippen molar-refractivity contribution in [2.45, 2.75) is 58.2 Å². The molecule has 1 aromatic heterocycles. The average Bonchev–Trinajstić information content (AvgIpc) is 3.27. The lowest BCUT2D eigenvalue weighted by Gasteiger charge is -2.20. The summed E-state index contributed by atoms with van der Waals surface area (Å²) in [6.45, 7) is 4.92. The van der Waals surface area contributed by atoms with Crippen molar-refractivity contribution < 1.29 is 19.5 Å². The van der Waals surface area contributed by atoms with Gasteiger partial charge in [0.05, 0.1) is 30.9 Å². The molecule has 0 unspecified atom stereocenters. The number of likely N-dealkylation sites (tertiary alicyclic amines) is 1. The minimum Gasteiger partial charge on any atom is -0.391 e. The molecule has 3 atom stereocenters. The Balaban J connectivity index is 1.46. The predicted molar refractivity (Wildman–Crippen MR) is 99.9 cm³/mol. The van der Waals surface area contributed by atoms with E-state index in [1.54, 1.807) is 11.3 Å². The maximum absolute atomic E-state index is 12.4. The summed E-state index contributed by atoms with van der Waals surface area (Å²) in [7, 11) is 0.